The molecule has 0 spiro atoms. The van der Waals surface area contributed by atoms with Gasteiger partial charge in [0.2, 0.25) is 0 Å². The third-order valence-electron chi connectivity index (χ3n) is 1.51. The van der Waals surface area contributed by atoms with Gasteiger partial charge in [-0.25, -0.2) is 4.79 Å². The Bertz CT molecular complexity index is 224. The van der Waals surface area contributed by atoms with E-state index in [1.807, 2.05) is 0 Å². The Kier molecular flexibility index (Phi) is 5.23. The zero-order valence-corrected chi connectivity index (χ0v) is 7.12. The van der Waals surface area contributed by atoms with Crippen LogP contribution in [0, 0.1) is 5.92 Å². The molecule has 0 aromatic carbocycles. The van der Waals surface area contributed by atoms with Crippen LogP contribution in [-0.2, 0) is 19.1 Å². The molecular formula is C7H10O7. The number of rotatable bonds is 7. The van der Waals surface area contributed by atoms with Crippen LogP contribution in [-0.4, -0.2) is 46.4 Å². The summed E-state index contributed by atoms with van der Waals surface area (Å²) in [4.78, 5) is 30.3. The molecule has 80 valence electrons. The second kappa shape index (κ2) is 5.92. The Morgan fingerprint density at radius 1 is 1.36 bits per heavy atom. The molecule has 0 fully saturated rings. The van der Waals surface area contributed by atoms with E-state index >= 15 is 0 Å². The van der Waals surface area contributed by atoms with Gasteiger partial charge in [-0.15, -0.1) is 0 Å². The minimum atomic E-state index is -1.86. The Balaban J connectivity index is 4.28. The topological polar surface area (TPSA) is 121 Å². The molecule has 0 amide bonds. The first-order chi connectivity index (χ1) is 6.49. The maximum absolute atomic E-state index is 10.3. The van der Waals surface area contributed by atoms with Gasteiger partial charge in [0.1, 0.15) is 0 Å². The van der Waals surface area contributed by atoms with E-state index in [1.54, 1.807) is 0 Å². The number of carboxylic acid groups (broad SMARTS) is 2. The molecule has 3 N–H and O–H groups in total. The molecule has 0 bridgehead atoms. The van der Waals surface area contributed by atoms with Crippen LogP contribution in [0.4, 0.5) is 0 Å². The van der Waals surface area contributed by atoms with Crippen LogP contribution in [0.5, 0.6) is 0 Å². The van der Waals surface area contributed by atoms with Crippen molar-refractivity contribution in [3.63, 3.8) is 0 Å². The number of hydrogen-bond donors (Lipinski definition) is 3. The molecule has 0 radical (unpaired) electrons. The van der Waals surface area contributed by atoms with E-state index in [4.69, 9.17) is 15.3 Å². The third-order valence-corrected chi connectivity index (χ3v) is 1.51. The molecule has 0 aromatic rings. The summed E-state index contributed by atoms with van der Waals surface area (Å²) >= 11 is 0. The summed E-state index contributed by atoms with van der Waals surface area (Å²) < 4.78 is 4.20. The molecule has 0 saturated carbocycles. The average Bonchev–Trinajstić information content (AvgIpc) is 2.10. The van der Waals surface area contributed by atoms with Crippen LogP contribution in [0.25, 0.3) is 0 Å². The maximum atomic E-state index is 10.3. The summed E-state index contributed by atoms with van der Waals surface area (Å²) in [5.41, 5.74) is 0. The summed E-state index contributed by atoms with van der Waals surface area (Å²) in [5.74, 6) is -3.97. The van der Waals surface area contributed by atoms with E-state index in [1.165, 1.54) is 0 Å². The first-order valence-electron chi connectivity index (χ1n) is 3.67. The molecule has 14 heavy (non-hydrogen) atoms. The van der Waals surface area contributed by atoms with Gasteiger partial charge in [0, 0.05) is 5.92 Å². The average molecular weight is 206 g/mol. The van der Waals surface area contributed by atoms with Crippen LogP contribution < -0.4 is 0 Å². The zero-order valence-electron chi connectivity index (χ0n) is 7.12. The minimum Gasteiger partial charge on any atom is -0.481 e. The first kappa shape index (κ1) is 12.4. The van der Waals surface area contributed by atoms with Gasteiger partial charge < -0.3 is 20.1 Å². The smallest absolute Gasteiger partial charge is 0.332 e. The highest BCUT2D eigenvalue weighted by molar-refractivity contribution is 5.74. The molecule has 0 aliphatic rings. The Morgan fingerprint density at radius 3 is 2.29 bits per heavy atom. The molecular weight excluding hydrogens is 196 g/mol. The van der Waals surface area contributed by atoms with E-state index in [0.717, 1.165) is 0 Å². The molecule has 0 aromatic heterocycles. The lowest BCUT2D eigenvalue weighted by atomic mass is 10.00. The van der Waals surface area contributed by atoms with Gasteiger partial charge in [-0.05, 0) is 0 Å². The number of aliphatic hydroxyl groups is 1. The number of aliphatic carboxylic acids is 2. The van der Waals surface area contributed by atoms with Crippen molar-refractivity contribution in [3.8, 4) is 0 Å². The molecule has 0 rings (SSSR count). The fourth-order valence-corrected chi connectivity index (χ4v) is 0.851. The number of ether oxygens (including phenoxy) is 1. The summed E-state index contributed by atoms with van der Waals surface area (Å²) in [7, 11) is 0. The van der Waals surface area contributed by atoms with Crippen LogP contribution >= 0.6 is 0 Å². The van der Waals surface area contributed by atoms with Crippen LogP contribution in [0.2, 0.25) is 0 Å². The van der Waals surface area contributed by atoms with E-state index in [-0.39, 0.29) is 6.47 Å². The van der Waals surface area contributed by atoms with Crippen molar-refractivity contribution < 1.29 is 34.4 Å². The van der Waals surface area contributed by atoms with Crippen molar-refractivity contribution in [3.05, 3.63) is 0 Å². The highest BCUT2D eigenvalue weighted by atomic mass is 16.5. The quantitative estimate of drug-likeness (QED) is 0.442. The largest absolute Gasteiger partial charge is 0.481 e. The Labute approximate surface area is 78.9 Å². The van der Waals surface area contributed by atoms with Gasteiger partial charge in [-0.1, -0.05) is 0 Å². The third kappa shape index (κ3) is 4.41. The van der Waals surface area contributed by atoms with Crippen molar-refractivity contribution in [1.29, 1.82) is 0 Å². The number of carbonyl (C=O) groups is 3. The Hall–Kier alpha value is -1.63. The van der Waals surface area contributed by atoms with E-state index in [0.29, 0.717) is 0 Å². The lowest BCUT2D eigenvalue weighted by Gasteiger charge is -2.16. The Morgan fingerprint density at radius 2 is 1.93 bits per heavy atom. The summed E-state index contributed by atoms with van der Waals surface area (Å²) in [6.07, 6.45) is -2.44. The number of carboxylic acids is 2. The minimum absolute atomic E-state index is 0.0589. The lowest BCUT2D eigenvalue weighted by Crippen LogP contribution is -2.34. The molecule has 2 atom stereocenters. The van der Waals surface area contributed by atoms with Crippen molar-refractivity contribution in [2.45, 2.75) is 12.5 Å². The van der Waals surface area contributed by atoms with Crippen molar-refractivity contribution in [1.82, 2.24) is 0 Å². The summed E-state index contributed by atoms with van der Waals surface area (Å²) in [6.45, 7) is -0.382. The molecule has 0 aliphatic carbocycles. The highest BCUT2D eigenvalue weighted by Gasteiger charge is 2.28. The standard InChI is InChI=1S/C7H10O7/c8-3-14-2-4(1-5(9)10)6(11)7(12)13/h3-4,6,11H,1-2H2,(H,9,10)(H,12,13). The van der Waals surface area contributed by atoms with Crippen LogP contribution in [0.15, 0.2) is 0 Å². The van der Waals surface area contributed by atoms with Gasteiger partial charge in [-0.2, -0.15) is 0 Å². The van der Waals surface area contributed by atoms with Crippen molar-refractivity contribution in [2.24, 2.45) is 5.92 Å². The van der Waals surface area contributed by atoms with Crippen LogP contribution in [0.3, 0.4) is 0 Å². The molecule has 7 nitrogen and oxygen atoms in total. The second-order valence-electron chi connectivity index (χ2n) is 2.57. The van der Waals surface area contributed by atoms with Gasteiger partial charge in [0.15, 0.2) is 6.10 Å². The van der Waals surface area contributed by atoms with E-state index in [9.17, 15) is 14.4 Å². The van der Waals surface area contributed by atoms with Gasteiger partial charge in [0.25, 0.3) is 6.47 Å². The summed E-state index contributed by atoms with van der Waals surface area (Å²) in [5, 5.41) is 25.7. The molecule has 7 heteroatoms. The van der Waals surface area contributed by atoms with Gasteiger partial charge >= 0.3 is 11.9 Å². The molecule has 2 unspecified atom stereocenters. The van der Waals surface area contributed by atoms with Crippen molar-refractivity contribution in [2.75, 3.05) is 6.61 Å². The maximum Gasteiger partial charge on any atom is 0.332 e. The highest BCUT2D eigenvalue weighted by Crippen LogP contribution is 2.10. The normalized spacial score (nSPS) is 14.1. The van der Waals surface area contributed by atoms with E-state index < -0.39 is 37.0 Å². The zero-order chi connectivity index (χ0) is 11.1. The SMILES string of the molecule is O=COCC(CC(=O)O)C(O)C(=O)O. The lowest BCUT2D eigenvalue weighted by molar-refractivity contribution is -0.155. The first-order valence-corrected chi connectivity index (χ1v) is 3.67. The molecule has 0 saturated heterocycles. The summed E-state index contributed by atoms with van der Waals surface area (Å²) in [6, 6.07) is 0. The predicted octanol–water partition coefficient (Wildman–Crippen LogP) is -1.30. The monoisotopic (exact) mass is 206 g/mol. The fraction of sp³-hybridized carbons (Fsp3) is 0.571. The van der Waals surface area contributed by atoms with E-state index in [2.05, 4.69) is 4.74 Å². The fourth-order valence-electron chi connectivity index (χ4n) is 0.851. The second-order valence-corrected chi connectivity index (χ2v) is 2.57. The van der Waals surface area contributed by atoms with Gasteiger partial charge in [-0.3, -0.25) is 9.59 Å². The van der Waals surface area contributed by atoms with Crippen molar-refractivity contribution >= 4 is 18.4 Å². The van der Waals surface area contributed by atoms with Crippen LogP contribution in [0.1, 0.15) is 6.42 Å². The predicted molar refractivity (Wildman–Crippen MR) is 41.4 cm³/mol. The molecule has 0 aliphatic heterocycles. The number of carbonyl (C=O) groups excluding carboxylic acids is 1. The van der Waals surface area contributed by atoms with Gasteiger partial charge in [0.05, 0.1) is 13.0 Å². The number of hydrogen-bond acceptors (Lipinski definition) is 5. The number of aliphatic hydroxyl groups excluding tert-OH is 1. The molecule has 0 heterocycles.